The highest BCUT2D eigenvalue weighted by molar-refractivity contribution is 6.07. The summed E-state index contributed by atoms with van der Waals surface area (Å²) >= 11 is 0. The first kappa shape index (κ1) is 13.5. The van der Waals surface area contributed by atoms with Crippen molar-refractivity contribution >= 4 is 23.0 Å². The third-order valence-electron chi connectivity index (χ3n) is 2.61. The zero-order chi connectivity index (χ0) is 14.7. The van der Waals surface area contributed by atoms with E-state index in [2.05, 4.69) is 5.32 Å². The number of rotatable bonds is 3. The van der Waals surface area contributed by atoms with Crippen LogP contribution >= 0.6 is 0 Å². The second kappa shape index (κ2) is 5.35. The summed E-state index contributed by atoms with van der Waals surface area (Å²) in [6, 6.07) is 9.49. The maximum absolute atomic E-state index is 13.2. The van der Waals surface area contributed by atoms with E-state index < -0.39 is 22.3 Å². The molecule has 0 fully saturated rings. The van der Waals surface area contributed by atoms with Gasteiger partial charge < -0.3 is 11.1 Å². The van der Waals surface area contributed by atoms with Gasteiger partial charge in [-0.15, -0.1) is 0 Å². The molecule has 0 unspecified atom stereocenters. The summed E-state index contributed by atoms with van der Waals surface area (Å²) in [5, 5.41) is 13.0. The van der Waals surface area contributed by atoms with Gasteiger partial charge in [0.15, 0.2) is 0 Å². The van der Waals surface area contributed by atoms with Gasteiger partial charge in [-0.1, -0.05) is 12.1 Å². The van der Waals surface area contributed by atoms with Gasteiger partial charge >= 0.3 is 5.69 Å². The van der Waals surface area contributed by atoms with E-state index in [-0.39, 0.29) is 16.9 Å². The van der Waals surface area contributed by atoms with Crippen molar-refractivity contribution in [2.75, 3.05) is 11.1 Å². The smallest absolute Gasteiger partial charge is 0.306 e. The molecule has 2 rings (SSSR count). The van der Waals surface area contributed by atoms with Crippen LogP contribution in [0.4, 0.5) is 21.5 Å². The summed E-state index contributed by atoms with van der Waals surface area (Å²) < 4.78 is 13.2. The first-order chi connectivity index (χ1) is 9.49. The van der Waals surface area contributed by atoms with Crippen molar-refractivity contribution < 1.29 is 14.1 Å². The summed E-state index contributed by atoms with van der Waals surface area (Å²) in [6.45, 7) is 0. The molecule has 2 aromatic rings. The maximum Gasteiger partial charge on any atom is 0.306 e. The molecule has 7 heteroatoms. The zero-order valence-electron chi connectivity index (χ0n) is 10.2. The van der Waals surface area contributed by atoms with Gasteiger partial charge in [-0.2, -0.15) is 4.39 Å². The number of para-hydroxylation sites is 1. The predicted molar refractivity (Wildman–Crippen MR) is 71.9 cm³/mol. The Morgan fingerprint density at radius 1 is 1.25 bits per heavy atom. The fourth-order valence-electron chi connectivity index (χ4n) is 1.63. The van der Waals surface area contributed by atoms with E-state index in [0.29, 0.717) is 0 Å². The van der Waals surface area contributed by atoms with Crippen molar-refractivity contribution in [2.45, 2.75) is 0 Å². The van der Waals surface area contributed by atoms with Gasteiger partial charge in [-0.25, -0.2) is 0 Å². The second-order valence-electron chi connectivity index (χ2n) is 3.96. The molecule has 0 spiro atoms. The highest BCUT2D eigenvalue weighted by atomic mass is 19.1. The first-order valence-electron chi connectivity index (χ1n) is 5.59. The lowest BCUT2D eigenvalue weighted by Gasteiger charge is -2.07. The SMILES string of the molecule is Nc1ccccc1C(=O)Nc1ccc(F)c([N+](=O)[O-])c1. The van der Waals surface area contributed by atoms with E-state index in [4.69, 9.17) is 5.73 Å². The van der Waals surface area contributed by atoms with Crippen LogP contribution < -0.4 is 11.1 Å². The molecule has 2 aromatic carbocycles. The normalized spacial score (nSPS) is 10.1. The van der Waals surface area contributed by atoms with Crippen LogP contribution in [0.25, 0.3) is 0 Å². The van der Waals surface area contributed by atoms with Crippen LogP contribution in [-0.2, 0) is 0 Å². The van der Waals surface area contributed by atoms with Crippen molar-refractivity contribution in [3.05, 3.63) is 64.0 Å². The maximum atomic E-state index is 13.2. The van der Waals surface area contributed by atoms with Crippen LogP contribution in [0.2, 0.25) is 0 Å². The summed E-state index contributed by atoms with van der Waals surface area (Å²) in [6.07, 6.45) is 0. The molecule has 0 saturated heterocycles. The molecule has 102 valence electrons. The van der Waals surface area contributed by atoms with Crippen molar-refractivity contribution in [1.82, 2.24) is 0 Å². The Morgan fingerprint density at radius 3 is 2.60 bits per heavy atom. The highest BCUT2D eigenvalue weighted by Crippen LogP contribution is 2.22. The Labute approximate surface area is 113 Å². The third-order valence-corrected chi connectivity index (χ3v) is 2.61. The molecular weight excluding hydrogens is 265 g/mol. The minimum absolute atomic E-state index is 0.117. The Balaban J connectivity index is 2.27. The van der Waals surface area contributed by atoms with Gasteiger partial charge in [0.05, 0.1) is 10.5 Å². The molecule has 3 N–H and O–H groups in total. The van der Waals surface area contributed by atoms with E-state index in [1.807, 2.05) is 0 Å². The number of carbonyl (C=O) groups excluding carboxylic acids is 1. The molecule has 0 bridgehead atoms. The number of nitro groups is 1. The summed E-state index contributed by atoms with van der Waals surface area (Å²) in [5.41, 5.74) is 5.58. The quantitative estimate of drug-likeness (QED) is 0.511. The summed E-state index contributed by atoms with van der Waals surface area (Å²) in [4.78, 5) is 21.7. The van der Waals surface area contributed by atoms with Gasteiger partial charge in [0, 0.05) is 17.4 Å². The number of benzene rings is 2. The number of amides is 1. The van der Waals surface area contributed by atoms with Gasteiger partial charge in [-0.3, -0.25) is 14.9 Å². The molecule has 0 aromatic heterocycles. The van der Waals surface area contributed by atoms with Crippen LogP contribution in [0.15, 0.2) is 42.5 Å². The predicted octanol–water partition coefficient (Wildman–Crippen LogP) is 2.57. The minimum Gasteiger partial charge on any atom is -0.398 e. The largest absolute Gasteiger partial charge is 0.398 e. The van der Waals surface area contributed by atoms with E-state index in [9.17, 15) is 19.3 Å². The Morgan fingerprint density at radius 2 is 1.95 bits per heavy atom. The van der Waals surface area contributed by atoms with E-state index >= 15 is 0 Å². The fourth-order valence-corrected chi connectivity index (χ4v) is 1.63. The van der Waals surface area contributed by atoms with Crippen molar-refractivity contribution in [2.24, 2.45) is 0 Å². The lowest BCUT2D eigenvalue weighted by atomic mass is 10.1. The molecule has 0 saturated carbocycles. The Hall–Kier alpha value is -2.96. The van der Waals surface area contributed by atoms with Crippen LogP contribution in [0.1, 0.15) is 10.4 Å². The molecule has 0 aliphatic carbocycles. The molecule has 0 aliphatic heterocycles. The van der Waals surface area contributed by atoms with Crippen LogP contribution in [0.3, 0.4) is 0 Å². The lowest BCUT2D eigenvalue weighted by molar-refractivity contribution is -0.387. The first-order valence-corrected chi connectivity index (χ1v) is 5.59. The second-order valence-corrected chi connectivity index (χ2v) is 3.96. The van der Waals surface area contributed by atoms with Gasteiger partial charge in [-0.05, 0) is 24.3 Å². The van der Waals surface area contributed by atoms with Crippen molar-refractivity contribution in [3.8, 4) is 0 Å². The summed E-state index contributed by atoms with van der Waals surface area (Å²) in [5.74, 6) is -1.49. The lowest BCUT2D eigenvalue weighted by Crippen LogP contribution is -2.14. The standard InChI is InChI=1S/C13H10FN3O3/c14-10-6-5-8(7-12(10)17(19)20)16-13(18)9-3-1-2-4-11(9)15/h1-7H,15H2,(H,16,18). The number of nitrogens with zero attached hydrogens (tertiary/aromatic N) is 1. The van der Waals surface area contributed by atoms with Crippen LogP contribution in [0.5, 0.6) is 0 Å². The van der Waals surface area contributed by atoms with E-state index in [0.717, 1.165) is 12.1 Å². The average Bonchev–Trinajstić information content (AvgIpc) is 2.41. The van der Waals surface area contributed by atoms with Gasteiger partial charge in [0.1, 0.15) is 0 Å². The molecule has 0 aliphatic rings. The van der Waals surface area contributed by atoms with Crippen molar-refractivity contribution in [3.63, 3.8) is 0 Å². The van der Waals surface area contributed by atoms with Crippen LogP contribution in [0, 0.1) is 15.9 Å². The number of hydrogen-bond donors (Lipinski definition) is 2. The number of nitrogen functional groups attached to an aromatic ring is 1. The number of hydrogen-bond acceptors (Lipinski definition) is 4. The van der Waals surface area contributed by atoms with E-state index in [1.54, 1.807) is 18.2 Å². The molecule has 6 nitrogen and oxygen atoms in total. The monoisotopic (exact) mass is 275 g/mol. The highest BCUT2D eigenvalue weighted by Gasteiger charge is 2.16. The van der Waals surface area contributed by atoms with Gasteiger partial charge in [0.2, 0.25) is 5.82 Å². The minimum atomic E-state index is -0.966. The zero-order valence-corrected chi connectivity index (χ0v) is 10.2. The third kappa shape index (κ3) is 2.72. The number of anilines is 2. The molecule has 0 heterocycles. The molecular formula is C13H10FN3O3. The Bertz CT molecular complexity index is 688. The Kier molecular flexibility index (Phi) is 3.60. The molecule has 1 amide bonds. The topological polar surface area (TPSA) is 98.3 Å². The number of nitrogens with two attached hydrogens (primary N) is 1. The van der Waals surface area contributed by atoms with Crippen molar-refractivity contribution in [1.29, 1.82) is 0 Å². The number of halogens is 1. The number of carbonyl (C=O) groups is 1. The van der Waals surface area contributed by atoms with Crippen LogP contribution in [-0.4, -0.2) is 10.8 Å². The molecule has 20 heavy (non-hydrogen) atoms. The summed E-state index contributed by atoms with van der Waals surface area (Å²) in [7, 11) is 0. The molecule has 0 radical (unpaired) electrons. The fraction of sp³-hybridized carbons (Fsp3) is 0. The molecule has 0 atom stereocenters. The number of nitro benzene ring substituents is 1. The van der Waals surface area contributed by atoms with Gasteiger partial charge in [0.25, 0.3) is 5.91 Å². The number of nitrogens with one attached hydrogen (secondary N) is 1. The van der Waals surface area contributed by atoms with E-state index in [1.165, 1.54) is 12.1 Å². The average molecular weight is 275 g/mol.